The fraction of sp³-hybridized carbons (Fsp3) is 0.357. The molecule has 0 aliphatic carbocycles. The van der Waals surface area contributed by atoms with E-state index >= 15 is 0 Å². The summed E-state index contributed by atoms with van der Waals surface area (Å²) in [5, 5.41) is 3.41. The number of carbonyl (C=O) groups excluding carboxylic acids is 1. The zero-order valence-corrected chi connectivity index (χ0v) is 10.4. The second kappa shape index (κ2) is 4.37. The van der Waals surface area contributed by atoms with E-state index in [1.165, 1.54) is 0 Å². The third-order valence-corrected chi connectivity index (χ3v) is 3.51. The normalized spacial score (nSPS) is 18.7. The number of carbonyl (C=O) groups is 1. The van der Waals surface area contributed by atoms with Gasteiger partial charge in [0.25, 0.3) is 0 Å². The predicted molar refractivity (Wildman–Crippen MR) is 68.9 cm³/mol. The maximum Gasteiger partial charge on any atom is 0.227 e. The predicted octanol–water partition coefficient (Wildman–Crippen LogP) is 1.59. The summed E-state index contributed by atoms with van der Waals surface area (Å²) in [6.07, 6.45) is 1.48. The minimum atomic E-state index is 0.248. The third kappa shape index (κ3) is 1.74. The minimum Gasteiger partial charge on any atom is -0.497 e. The van der Waals surface area contributed by atoms with E-state index in [2.05, 4.69) is 5.32 Å². The van der Waals surface area contributed by atoms with Crippen LogP contribution in [0.5, 0.6) is 5.75 Å². The molecule has 2 aliphatic rings. The largest absolute Gasteiger partial charge is 0.497 e. The molecule has 0 aromatic heterocycles. The molecule has 0 unspecified atom stereocenters. The van der Waals surface area contributed by atoms with Gasteiger partial charge in [-0.2, -0.15) is 0 Å². The van der Waals surface area contributed by atoms with Crippen molar-refractivity contribution in [2.75, 3.05) is 20.2 Å². The molecule has 3 rings (SSSR count). The number of methoxy groups -OCH3 is 1. The molecule has 1 N–H and O–H groups in total. The Morgan fingerprint density at radius 3 is 2.72 bits per heavy atom. The van der Waals surface area contributed by atoms with Crippen LogP contribution in [-0.2, 0) is 4.79 Å². The Morgan fingerprint density at radius 2 is 2.00 bits per heavy atom. The van der Waals surface area contributed by atoms with Crippen molar-refractivity contribution in [1.29, 1.82) is 0 Å². The van der Waals surface area contributed by atoms with Crippen molar-refractivity contribution in [2.45, 2.75) is 12.8 Å². The fourth-order valence-corrected chi connectivity index (χ4v) is 2.59. The van der Waals surface area contributed by atoms with Gasteiger partial charge in [0.1, 0.15) is 5.75 Å². The molecule has 94 valence electrons. The Bertz CT molecular complexity index is 505. The number of ether oxygens (including phenoxy) is 1. The lowest BCUT2D eigenvalue weighted by atomic mass is 10.1. The highest BCUT2D eigenvalue weighted by atomic mass is 16.5. The number of rotatable bonds is 2. The van der Waals surface area contributed by atoms with Crippen LogP contribution < -0.4 is 10.1 Å². The van der Waals surface area contributed by atoms with Gasteiger partial charge < -0.3 is 15.0 Å². The monoisotopic (exact) mass is 244 g/mol. The Hall–Kier alpha value is -1.97. The molecule has 4 nitrogen and oxygen atoms in total. The van der Waals surface area contributed by atoms with Crippen LogP contribution in [0, 0.1) is 0 Å². The number of hydrogen-bond acceptors (Lipinski definition) is 3. The second-order valence-electron chi connectivity index (χ2n) is 4.52. The van der Waals surface area contributed by atoms with Crippen LogP contribution in [0.15, 0.2) is 30.0 Å². The standard InChI is InChI=1S/C14H16N2O2/c1-18-11-4-2-10(3-5-11)14-12-6-7-13(17)16(12)9-8-15-14/h2-5,15H,6-9H2,1H3. The molecule has 0 bridgehead atoms. The van der Waals surface area contributed by atoms with Crippen molar-refractivity contribution in [3.05, 3.63) is 35.5 Å². The Labute approximate surface area is 106 Å². The van der Waals surface area contributed by atoms with E-state index in [1.807, 2.05) is 29.2 Å². The minimum absolute atomic E-state index is 0.248. The summed E-state index contributed by atoms with van der Waals surface area (Å²) < 4.78 is 5.16. The fourth-order valence-electron chi connectivity index (χ4n) is 2.59. The van der Waals surface area contributed by atoms with Gasteiger partial charge in [0.05, 0.1) is 12.8 Å². The topological polar surface area (TPSA) is 41.6 Å². The van der Waals surface area contributed by atoms with Gasteiger partial charge >= 0.3 is 0 Å². The molecule has 2 heterocycles. The molecule has 1 aromatic rings. The number of amides is 1. The van der Waals surface area contributed by atoms with Crippen molar-refractivity contribution < 1.29 is 9.53 Å². The summed E-state index contributed by atoms with van der Waals surface area (Å²) in [7, 11) is 1.66. The van der Waals surface area contributed by atoms with Crippen molar-refractivity contribution in [1.82, 2.24) is 10.2 Å². The number of nitrogens with zero attached hydrogens (tertiary/aromatic N) is 1. The molecule has 1 aromatic carbocycles. The van der Waals surface area contributed by atoms with Crippen LogP contribution in [-0.4, -0.2) is 31.0 Å². The van der Waals surface area contributed by atoms with Crippen molar-refractivity contribution >= 4 is 11.6 Å². The average Bonchev–Trinajstić information content (AvgIpc) is 2.81. The van der Waals surface area contributed by atoms with E-state index in [0.717, 1.165) is 42.2 Å². The third-order valence-electron chi connectivity index (χ3n) is 3.51. The van der Waals surface area contributed by atoms with Crippen LogP contribution in [0.3, 0.4) is 0 Å². The van der Waals surface area contributed by atoms with Gasteiger partial charge in [-0.05, 0) is 36.2 Å². The van der Waals surface area contributed by atoms with E-state index in [4.69, 9.17) is 4.74 Å². The van der Waals surface area contributed by atoms with Crippen molar-refractivity contribution in [3.63, 3.8) is 0 Å². The number of benzene rings is 1. The van der Waals surface area contributed by atoms with Crippen LogP contribution >= 0.6 is 0 Å². The lowest BCUT2D eigenvalue weighted by Gasteiger charge is -2.28. The highest BCUT2D eigenvalue weighted by Crippen LogP contribution is 2.31. The van der Waals surface area contributed by atoms with E-state index in [9.17, 15) is 4.79 Å². The van der Waals surface area contributed by atoms with Crippen LogP contribution in [0.25, 0.3) is 5.70 Å². The second-order valence-corrected chi connectivity index (χ2v) is 4.52. The molecule has 2 aliphatic heterocycles. The number of hydrogen-bond donors (Lipinski definition) is 1. The molecule has 0 spiro atoms. The molecule has 0 saturated carbocycles. The number of fused-ring (bicyclic) bond motifs is 1. The SMILES string of the molecule is COc1ccc(C2=C3CCC(=O)N3CCN2)cc1. The van der Waals surface area contributed by atoms with Crippen LogP contribution in [0.1, 0.15) is 18.4 Å². The van der Waals surface area contributed by atoms with Crippen molar-refractivity contribution in [2.24, 2.45) is 0 Å². The maximum atomic E-state index is 11.7. The van der Waals surface area contributed by atoms with Gasteiger partial charge in [0, 0.05) is 25.2 Å². The summed E-state index contributed by atoms with van der Waals surface area (Å²) in [5.41, 5.74) is 3.34. The van der Waals surface area contributed by atoms with Crippen LogP contribution in [0.4, 0.5) is 0 Å². The maximum absolute atomic E-state index is 11.7. The molecule has 1 saturated heterocycles. The molecule has 18 heavy (non-hydrogen) atoms. The van der Waals surface area contributed by atoms with Gasteiger partial charge in [0.15, 0.2) is 0 Å². The molecule has 0 radical (unpaired) electrons. The smallest absolute Gasteiger partial charge is 0.227 e. The zero-order valence-electron chi connectivity index (χ0n) is 10.4. The molecule has 4 heteroatoms. The molecule has 1 amide bonds. The summed E-state index contributed by atoms with van der Waals surface area (Å²) in [6.45, 7) is 1.60. The zero-order chi connectivity index (χ0) is 12.5. The quantitative estimate of drug-likeness (QED) is 0.859. The number of nitrogens with one attached hydrogen (secondary N) is 1. The van der Waals surface area contributed by atoms with Gasteiger partial charge in [-0.3, -0.25) is 4.79 Å². The Morgan fingerprint density at radius 1 is 1.22 bits per heavy atom. The molecular weight excluding hydrogens is 228 g/mol. The van der Waals surface area contributed by atoms with E-state index < -0.39 is 0 Å². The van der Waals surface area contributed by atoms with Gasteiger partial charge in [-0.15, -0.1) is 0 Å². The van der Waals surface area contributed by atoms with Gasteiger partial charge in [-0.25, -0.2) is 0 Å². The number of allylic oxidation sites excluding steroid dienone is 1. The average molecular weight is 244 g/mol. The first-order chi connectivity index (χ1) is 8.79. The first-order valence-corrected chi connectivity index (χ1v) is 6.21. The molecule has 1 fully saturated rings. The summed E-state index contributed by atoms with van der Waals surface area (Å²) in [5.74, 6) is 1.09. The lowest BCUT2D eigenvalue weighted by molar-refractivity contribution is -0.126. The van der Waals surface area contributed by atoms with Crippen LogP contribution in [0.2, 0.25) is 0 Å². The molecular formula is C14H16N2O2. The summed E-state index contributed by atoms with van der Waals surface area (Å²) in [6, 6.07) is 7.95. The van der Waals surface area contributed by atoms with E-state index in [0.29, 0.717) is 6.42 Å². The lowest BCUT2D eigenvalue weighted by Crippen LogP contribution is -2.37. The summed E-state index contributed by atoms with van der Waals surface area (Å²) in [4.78, 5) is 13.6. The Kier molecular flexibility index (Phi) is 2.70. The highest BCUT2D eigenvalue weighted by molar-refractivity contribution is 5.85. The molecule has 0 atom stereocenters. The van der Waals surface area contributed by atoms with E-state index in [-0.39, 0.29) is 5.91 Å². The van der Waals surface area contributed by atoms with Gasteiger partial charge in [-0.1, -0.05) is 0 Å². The van der Waals surface area contributed by atoms with Crippen molar-refractivity contribution in [3.8, 4) is 5.75 Å². The first-order valence-electron chi connectivity index (χ1n) is 6.21. The van der Waals surface area contributed by atoms with Gasteiger partial charge in [0.2, 0.25) is 5.91 Å². The Balaban J connectivity index is 1.99. The first kappa shape index (κ1) is 11.1. The highest BCUT2D eigenvalue weighted by Gasteiger charge is 2.31. The van der Waals surface area contributed by atoms with E-state index in [1.54, 1.807) is 7.11 Å². The summed E-state index contributed by atoms with van der Waals surface area (Å²) >= 11 is 0.